The lowest BCUT2D eigenvalue weighted by Crippen LogP contribution is -2.58. The number of phenolic OH excluding ortho intramolecular Hbond substituents is 1. The summed E-state index contributed by atoms with van der Waals surface area (Å²) in [7, 11) is 0. The number of aryl methyl sites for hydroxylation is 1. The van der Waals surface area contributed by atoms with Crippen LogP contribution in [0.1, 0.15) is 63.6 Å². The maximum atomic E-state index is 10.6. The van der Waals surface area contributed by atoms with Gasteiger partial charge in [0.25, 0.3) is 0 Å². The summed E-state index contributed by atoms with van der Waals surface area (Å²) in [6.45, 7) is 16.0. The highest BCUT2D eigenvalue weighted by Gasteiger charge is 2.34. The van der Waals surface area contributed by atoms with Gasteiger partial charge in [-0.2, -0.15) is 0 Å². The first-order valence-electron chi connectivity index (χ1n) is 10.0. The molecule has 2 rings (SSSR count). The van der Waals surface area contributed by atoms with Crippen LogP contribution in [0.25, 0.3) is 0 Å². The first-order chi connectivity index (χ1) is 12.3. The molecule has 2 nitrogen and oxygen atoms in total. The normalized spacial score (nSPS) is 13.4. The van der Waals surface area contributed by atoms with Gasteiger partial charge in [-0.25, -0.2) is 0 Å². The van der Waals surface area contributed by atoms with Gasteiger partial charge in [-0.05, 0) is 53.2 Å². The number of hydrogen-bond donors (Lipinski definition) is 1. The van der Waals surface area contributed by atoms with Gasteiger partial charge < -0.3 is 9.59 Å². The molecule has 0 aliphatic heterocycles. The number of phenols is 1. The minimum Gasteiger partial charge on any atom is -0.508 e. The summed E-state index contributed by atoms with van der Waals surface area (Å²) in [6, 6.07) is 17.8. The molecule has 0 unspecified atom stereocenters. The molecule has 0 aromatic heterocycles. The zero-order valence-corrected chi connectivity index (χ0v) is 17.4. The van der Waals surface area contributed by atoms with Crippen molar-refractivity contribution in [2.75, 3.05) is 13.1 Å². The van der Waals surface area contributed by atoms with Crippen LogP contribution in [0.3, 0.4) is 0 Å². The zero-order valence-electron chi connectivity index (χ0n) is 17.4. The highest BCUT2D eigenvalue weighted by Crippen LogP contribution is 2.36. The molecule has 0 amide bonds. The third kappa shape index (κ3) is 4.29. The van der Waals surface area contributed by atoms with Crippen molar-refractivity contribution < 1.29 is 9.59 Å². The van der Waals surface area contributed by atoms with Crippen LogP contribution in [0.4, 0.5) is 0 Å². The Bertz CT molecular complexity index is 683. The van der Waals surface area contributed by atoms with E-state index in [9.17, 15) is 5.11 Å². The minimum absolute atomic E-state index is 0.220. The van der Waals surface area contributed by atoms with Gasteiger partial charge in [0.1, 0.15) is 5.75 Å². The van der Waals surface area contributed by atoms with Gasteiger partial charge in [0.2, 0.25) is 0 Å². The van der Waals surface area contributed by atoms with E-state index < -0.39 is 0 Å². The fourth-order valence-corrected chi connectivity index (χ4v) is 4.51. The van der Waals surface area contributed by atoms with Gasteiger partial charge in [-0.3, -0.25) is 0 Å². The van der Waals surface area contributed by atoms with Gasteiger partial charge in [0.05, 0.1) is 25.2 Å². The van der Waals surface area contributed by atoms with Crippen LogP contribution in [0.5, 0.6) is 5.75 Å². The highest BCUT2D eigenvalue weighted by atomic mass is 16.3. The number of nitrogens with zero attached hydrogens (tertiary/aromatic N) is 1. The third-order valence-electron chi connectivity index (χ3n) is 6.24. The van der Waals surface area contributed by atoms with Crippen molar-refractivity contribution in [2.24, 2.45) is 0 Å². The molecule has 2 heteroatoms. The summed E-state index contributed by atoms with van der Waals surface area (Å²) >= 11 is 0. The Hall–Kier alpha value is -1.80. The molecule has 2 aromatic rings. The highest BCUT2D eigenvalue weighted by molar-refractivity contribution is 5.43. The third-order valence-corrected chi connectivity index (χ3v) is 6.24. The lowest BCUT2D eigenvalue weighted by atomic mass is 9.86. The van der Waals surface area contributed by atoms with Crippen molar-refractivity contribution in [2.45, 2.75) is 66.0 Å². The predicted molar refractivity (Wildman–Crippen MR) is 112 cm³/mol. The molecule has 0 heterocycles. The van der Waals surface area contributed by atoms with E-state index in [1.54, 1.807) is 0 Å². The minimum atomic E-state index is 0.220. The zero-order chi connectivity index (χ0) is 19.3. The Morgan fingerprint density at radius 3 is 2.08 bits per heavy atom. The van der Waals surface area contributed by atoms with E-state index in [1.165, 1.54) is 11.1 Å². The molecule has 0 saturated carbocycles. The first kappa shape index (κ1) is 20.5. The molecule has 0 radical (unpaired) electrons. The van der Waals surface area contributed by atoms with Crippen molar-refractivity contribution in [3.8, 4) is 5.75 Å². The molecule has 142 valence electrons. The van der Waals surface area contributed by atoms with E-state index in [0.29, 0.717) is 17.8 Å². The molecule has 26 heavy (non-hydrogen) atoms. The standard InChI is InChI=1S/C24H35NO/c1-7-25(18(2)3,19(4)5)16-15-22(21-11-9-8-10-12-21)23-17-20(6)13-14-24(23)26/h8-14,17-19,22H,7,15-16H2,1-6H3/p+1/t22-/m1/s1. The molecule has 1 N–H and O–H groups in total. The van der Waals surface area contributed by atoms with E-state index in [2.05, 4.69) is 77.9 Å². The summed E-state index contributed by atoms with van der Waals surface area (Å²) in [6.07, 6.45) is 1.03. The second-order valence-electron chi connectivity index (χ2n) is 8.14. The van der Waals surface area contributed by atoms with Crippen molar-refractivity contribution in [3.05, 3.63) is 65.2 Å². The monoisotopic (exact) mass is 354 g/mol. The quantitative estimate of drug-likeness (QED) is 0.587. The van der Waals surface area contributed by atoms with Crippen LogP contribution >= 0.6 is 0 Å². The smallest absolute Gasteiger partial charge is 0.119 e. The fraction of sp³-hybridized carbons (Fsp3) is 0.500. The maximum absolute atomic E-state index is 10.6. The predicted octanol–water partition coefficient (Wildman–Crippen LogP) is 5.88. The summed E-state index contributed by atoms with van der Waals surface area (Å²) in [5.41, 5.74) is 3.54. The average Bonchev–Trinajstić information content (AvgIpc) is 2.61. The van der Waals surface area contributed by atoms with Crippen LogP contribution in [-0.4, -0.2) is 34.8 Å². The molecule has 0 aliphatic carbocycles. The summed E-state index contributed by atoms with van der Waals surface area (Å²) < 4.78 is 1.11. The van der Waals surface area contributed by atoms with Crippen LogP contribution in [0.15, 0.2) is 48.5 Å². The van der Waals surface area contributed by atoms with E-state index in [4.69, 9.17) is 0 Å². The molecule has 0 spiro atoms. The van der Waals surface area contributed by atoms with Crippen LogP contribution in [0.2, 0.25) is 0 Å². The lowest BCUT2D eigenvalue weighted by Gasteiger charge is -2.46. The number of rotatable bonds is 8. The SMILES string of the molecule is CC[N+](CC[C@H](c1ccccc1)c1cc(C)ccc1O)(C(C)C)C(C)C. The Kier molecular flexibility index (Phi) is 6.88. The van der Waals surface area contributed by atoms with Gasteiger partial charge in [-0.15, -0.1) is 0 Å². The summed E-state index contributed by atoms with van der Waals surface area (Å²) in [5, 5.41) is 10.6. The topological polar surface area (TPSA) is 20.2 Å². The summed E-state index contributed by atoms with van der Waals surface area (Å²) in [5.74, 6) is 0.630. The van der Waals surface area contributed by atoms with Crippen molar-refractivity contribution in [3.63, 3.8) is 0 Å². The molecule has 0 fully saturated rings. The Morgan fingerprint density at radius 1 is 0.923 bits per heavy atom. The number of hydrogen-bond acceptors (Lipinski definition) is 1. The van der Waals surface area contributed by atoms with E-state index in [0.717, 1.165) is 29.6 Å². The Balaban J connectivity index is 2.41. The molecule has 0 aliphatic rings. The second-order valence-corrected chi connectivity index (χ2v) is 8.14. The number of quaternary nitrogens is 1. The average molecular weight is 355 g/mol. The van der Waals surface area contributed by atoms with Crippen LogP contribution in [0, 0.1) is 6.92 Å². The van der Waals surface area contributed by atoms with Crippen LogP contribution in [-0.2, 0) is 0 Å². The van der Waals surface area contributed by atoms with E-state index in [-0.39, 0.29) is 5.92 Å². The number of benzene rings is 2. The molecular formula is C24H36NO+. The van der Waals surface area contributed by atoms with Gasteiger partial charge in [0, 0.05) is 17.9 Å². The Labute approximate surface area is 160 Å². The van der Waals surface area contributed by atoms with Crippen molar-refractivity contribution >= 4 is 0 Å². The summed E-state index contributed by atoms with van der Waals surface area (Å²) in [4.78, 5) is 0. The lowest BCUT2D eigenvalue weighted by molar-refractivity contribution is -0.965. The van der Waals surface area contributed by atoms with Gasteiger partial charge >= 0.3 is 0 Å². The number of aromatic hydroxyl groups is 1. The molecular weight excluding hydrogens is 318 g/mol. The Morgan fingerprint density at radius 2 is 1.54 bits per heavy atom. The largest absolute Gasteiger partial charge is 0.508 e. The van der Waals surface area contributed by atoms with Crippen LogP contribution < -0.4 is 0 Å². The fourth-order valence-electron chi connectivity index (χ4n) is 4.51. The maximum Gasteiger partial charge on any atom is 0.119 e. The molecule has 0 saturated heterocycles. The second kappa shape index (κ2) is 8.73. The van der Waals surface area contributed by atoms with Gasteiger partial charge in [-0.1, -0.05) is 48.0 Å². The molecule has 0 bridgehead atoms. The molecule has 1 atom stereocenters. The first-order valence-corrected chi connectivity index (χ1v) is 10.0. The van der Waals surface area contributed by atoms with E-state index >= 15 is 0 Å². The molecule has 2 aromatic carbocycles. The van der Waals surface area contributed by atoms with E-state index in [1.807, 2.05) is 12.1 Å². The van der Waals surface area contributed by atoms with Gasteiger partial charge in [0.15, 0.2) is 0 Å². The van der Waals surface area contributed by atoms with Crippen molar-refractivity contribution in [1.29, 1.82) is 0 Å². The van der Waals surface area contributed by atoms with Crippen molar-refractivity contribution in [1.82, 2.24) is 0 Å².